The monoisotopic (exact) mass is 218 g/mol. The van der Waals surface area contributed by atoms with E-state index >= 15 is 0 Å². The maximum absolute atomic E-state index is 11.7. The van der Waals surface area contributed by atoms with Crippen LogP contribution >= 0.6 is 0 Å². The molecule has 0 aliphatic heterocycles. The first-order chi connectivity index (χ1) is 7.71. The van der Waals surface area contributed by atoms with Gasteiger partial charge < -0.3 is 5.11 Å². The molecule has 16 heavy (non-hydrogen) atoms. The van der Waals surface area contributed by atoms with E-state index in [1.807, 2.05) is 30.3 Å². The number of aryl methyl sites for hydroxylation is 1. The van der Waals surface area contributed by atoms with Gasteiger partial charge in [0, 0.05) is 6.42 Å². The van der Waals surface area contributed by atoms with Crippen LogP contribution in [-0.4, -0.2) is 16.5 Å². The van der Waals surface area contributed by atoms with E-state index in [4.69, 9.17) is 0 Å². The van der Waals surface area contributed by atoms with Gasteiger partial charge in [-0.25, -0.2) is 0 Å². The number of ketones is 1. The standard InChI is InChI=1S/C14H18O2/c15-13-8-4-5-10-14(13,16)11-9-12-6-2-1-3-7-12/h1-3,6-7,16H,4-5,8-11H2. The number of carbonyl (C=O) groups is 1. The zero-order valence-corrected chi connectivity index (χ0v) is 9.48. The summed E-state index contributed by atoms with van der Waals surface area (Å²) in [4.78, 5) is 11.7. The molecular formula is C14H18O2. The lowest BCUT2D eigenvalue weighted by atomic mass is 9.80. The van der Waals surface area contributed by atoms with Crippen molar-refractivity contribution in [1.82, 2.24) is 0 Å². The van der Waals surface area contributed by atoms with E-state index in [1.165, 1.54) is 5.56 Å². The van der Waals surface area contributed by atoms with Crippen molar-refractivity contribution in [2.24, 2.45) is 0 Å². The Balaban J connectivity index is 1.96. The average Bonchev–Trinajstić information content (AvgIpc) is 2.32. The quantitative estimate of drug-likeness (QED) is 0.846. The third kappa shape index (κ3) is 2.50. The van der Waals surface area contributed by atoms with Crippen molar-refractivity contribution in [1.29, 1.82) is 0 Å². The van der Waals surface area contributed by atoms with E-state index in [0.717, 1.165) is 19.3 Å². The summed E-state index contributed by atoms with van der Waals surface area (Å²) in [5.74, 6) is 0.0367. The highest BCUT2D eigenvalue weighted by Crippen LogP contribution is 2.29. The van der Waals surface area contributed by atoms with Crippen molar-refractivity contribution in [2.75, 3.05) is 0 Å². The fourth-order valence-electron chi connectivity index (χ4n) is 2.34. The van der Waals surface area contributed by atoms with Crippen LogP contribution in [0.2, 0.25) is 0 Å². The predicted molar refractivity (Wildman–Crippen MR) is 63.2 cm³/mol. The number of rotatable bonds is 3. The minimum Gasteiger partial charge on any atom is -0.382 e. The molecule has 1 aromatic carbocycles. The minimum absolute atomic E-state index is 0.0367. The van der Waals surface area contributed by atoms with Gasteiger partial charge in [-0.1, -0.05) is 30.3 Å². The maximum atomic E-state index is 11.7. The molecule has 0 aromatic heterocycles. The van der Waals surface area contributed by atoms with Crippen LogP contribution in [0.1, 0.15) is 37.7 Å². The number of Topliss-reactive ketones (excluding diaryl/α,β-unsaturated/α-hetero) is 1. The molecule has 86 valence electrons. The third-order valence-electron chi connectivity index (χ3n) is 3.43. The Morgan fingerprint density at radius 2 is 1.94 bits per heavy atom. The van der Waals surface area contributed by atoms with Gasteiger partial charge in [-0.2, -0.15) is 0 Å². The molecule has 0 heterocycles. The number of hydrogen-bond donors (Lipinski definition) is 1. The molecule has 2 heteroatoms. The Bertz CT molecular complexity index is 358. The maximum Gasteiger partial charge on any atom is 0.164 e. The fraction of sp³-hybridized carbons (Fsp3) is 0.500. The summed E-state index contributed by atoms with van der Waals surface area (Å²) < 4.78 is 0. The molecule has 0 radical (unpaired) electrons. The zero-order chi connectivity index (χ0) is 11.4. The Labute approximate surface area is 96.3 Å². The van der Waals surface area contributed by atoms with Crippen molar-refractivity contribution < 1.29 is 9.90 Å². The van der Waals surface area contributed by atoms with Gasteiger partial charge >= 0.3 is 0 Å². The molecule has 1 unspecified atom stereocenters. The predicted octanol–water partition coefficient (Wildman–Crippen LogP) is 2.49. The van der Waals surface area contributed by atoms with Crippen LogP contribution in [0.3, 0.4) is 0 Å². The van der Waals surface area contributed by atoms with E-state index in [-0.39, 0.29) is 5.78 Å². The molecule has 1 aliphatic carbocycles. The van der Waals surface area contributed by atoms with Crippen LogP contribution in [0.5, 0.6) is 0 Å². The molecular weight excluding hydrogens is 200 g/mol. The largest absolute Gasteiger partial charge is 0.382 e. The highest BCUT2D eigenvalue weighted by molar-refractivity contribution is 5.87. The van der Waals surface area contributed by atoms with Gasteiger partial charge in [0.05, 0.1) is 0 Å². The summed E-state index contributed by atoms with van der Waals surface area (Å²) in [6.45, 7) is 0. The normalized spacial score (nSPS) is 25.7. The summed E-state index contributed by atoms with van der Waals surface area (Å²) in [5.41, 5.74) is 0.142. The van der Waals surface area contributed by atoms with E-state index in [2.05, 4.69) is 0 Å². The average molecular weight is 218 g/mol. The molecule has 2 rings (SSSR count). The Morgan fingerprint density at radius 1 is 1.19 bits per heavy atom. The van der Waals surface area contributed by atoms with Crippen LogP contribution in [-0.2, 0) is 11.2 Å². The molecule has 0 saturated heterocycles. The molecule has 1 aliphatic rings. The summed E-state index contributed by atoms with van der Waals surface area (Å²) in [7, 11) is 0. The molecule has 1 saturated carbocycles. The highest BCUT2D eigenvalue weighted by Gasteiger charge is 2.36. The first-order valence-electron chi connectivity index (χ1n) is 6.00. The van der Waals surface area contributed by atoms with Crippen molar-refractivity contribution in [3.63, 3.8) is 0 Å². The molecule has 0 spiro atoms. The van der Waals surface area contributed by atoms with Gasteiger partial charge in [0.1, 0.15) is 5.60 Å². The topological polar surface area (TPSA) is 37.3 Å². The summed E-state index contributed by atoms with van der Waals surface area (Å²) >= 11 is 0. The molecule has 1 N–H and O–H groups in total. The molecule has 0 amide bonds. The van der Waals surface area contributed by atoms with Gasteiger partial charge in [0.2, 0.25) is 0 Å². The molecule has 1 aromatic rings. The fourth-order valence-corrected chi connectivity index (χ4v) is 2.34. The lowest BCUT2D eigenvalue weighted by molar-refractivity contribution is -0.141. The minimum atomic E-state index is -1.05. The lowest BCUT2D eigenvalue weighted by Crippen LogP contribution is -2.41. The van der Waals surface area contributed by atoms with Crippen LogP contribution in [0.15, 0.2) is 30.3 Å². The van der Waals surface area contributed by atoms with Gasteiger partial charge in [-0.15, -0.1) is 0 Å². The number of benzene rings is 1. The number of hydrogen-bond acceptors (Lipinski definition) is 2. The van der Waals surface area contributed by atoms with Crippen LogP contribution in [0.4, 0.5) is 0 Å². The SMILES string of the molecule is O=C1CCCCC1(O)CCc1ccccc1. The van der Waals surface area contributed by atoms with Crippen LogP contribution in [0, 0.1) is 0 Å². The van der Waals surface area contributed by atoms with Gasteiger partial charge in [0.15, 0.2) is 5.78 Å². The number of carbonyl (C=O) groups excluding carboxylic acids is 1. The Morgan fingerprint density at radius 3 is 2.62 bits per heavy atom. The first kappa shape index (κ1) is 11.3. The zero-order valence-electron chi connectivity index (χ0n) is 9.48. The molecule has 2 nitrogen and oxygen atoms in total. The second kappa shape index (κ2) is 4.79. The second-order valence-electron chi connectivity index (χ2n) is 4.65. The number of aliphatic hydroxyl groups is 1. The Hall–Kier alpha value is -1.15. The lowest BCUT2D eigenvalue weighted by Gasteiger charge is -2.30. The van der Waals surface area contributed by atoms with Crippen LogP contribution in [0.25, 0.3) is 0 Å². The van der Waals surface area contributed by atoms with Crippen molar-refractivity contribution in [3.8, 4) is 0 Å². The van der Waals surface area contributed by atoms with E-state index in [0.29, 0.717) is 19.3 Å². The first-order valence-corrected chi connectivity index (χ1v) is 6.00. The third-order valence-corrected chi connectivity index (χ3v) is 3.43. The van der Waals surface area contributed by atoms with Gasteiger partial charge in [-0.3, -0.25) is 4.79 Å². The molecule has 1 atom stereocenters. The van der Waals surface area contributed by atoms with Gasteiger partial charge in [-0.05, 0) is 37.7 Å². The summed E-state index contributed by atoms with van der Waals surface area (Å²) in [6.07, 6.45) is 4.44. The van der Waals surface area contributed by atoms with Crippen molar-refractivity contribution >= 4 is 5.78 Å². The second-order valence-corrected chi connectivity index (χ2v) is 4.65. The van der Waals surface area contributed by atoms with Gasteiger partial charge in [0.25, 0.3) is 0 Å². The van der Waals surface area contributed by atoms with Crippen molar-refractivity contribution in [2.45, 2.75) is 44.1 Å². The summed E-state index contributed by atoms with van der Waals surface area (Å²) in [5, 5.41) is 10.3. The van der Waals surface area contributed by atoms with E-state index in [9.17, 15) is 9.90 Å². The smallest absolute Gasteiger partial charge is 0.164 e. The van der Waals surface area contributed by atoms with E-state index < -0.39 is 5.60 Å². The van der Waals surface area contributed by atoms with E-state index in [1.54, 1.807) is 0 Å². The Kier molecular flexibility index (Phi) is 3.39. The molecule has 0 bridgehead atoms. The molecule has 1 fully saturated rings. The van der Waals surface area contributed by atoms with Crippen molar-refractivity contribution in [3.05, 3.63) is 35.9 Å². The highest BCUT2D eigenvalue weighted by atomic mass is 16.3. The summed E-state index contributed by atoms with van der Waals surface area (Å²) in [6, 6.07) is 10.0. The van der Waals surface area contributed by atoms with Crippen LogP contribution < -0.4 is 0 Å².